The number of carbonyl (C=O) groups is 1. The molecule has 0 atom stereocenters. The molecule has 198 valence electrons. The Balaban J connectivity index is 1.54. The lowest BCUT2D eigenvalue weighted by Gasteiger charge is -2.21. The number of ether oxygens (including phenoxy) is 2. The third-order valence-electron chi connectivity index (χ3n) is 7.47. The van der Waals surface area contributed by atoms with Gasteiger partial charge in [0, 0.05) is 47.9 Å². The van der Waals surface area contributed by atoms with Gasteiger partial charge in [0.25, 0.3) is 5.91 Å². The van der Waals surface area contributed by atoms with Gasteiger partial charge in [-0.25, -0.2) is 9.97 Å². The van der Waals surface area contributed by atoms with Crippen LogP contribution in [-0.4, -0.2) is 51.3 Å². The first-order chi connectivity index (χ1) is 18.5. The van der Waals surface area contributed by atoms with Crippen molar-refractivity contribution in [3.05, 3.63) is 47.1 Å². The van der Waals surface area contributed by atoms with Gasteiger partial charge in [-0.2, -0.15) is 0 Å². The summed E-state index contributed by atoms with van der Waals surface area (Å²) in [6.45, 7) is 7.77. The number of nitrogens with one attached hydrogen (secondary N) is 1. The smallest absolute Gasteiger partial charge is 0.260 e. The average molecular weight is 517 g/mol. The number of nitrogens with zero attached hydrogens (tertiary/aromatic N) is 5. The lowest BCUT2D eigenvalue weighted by molar-refractivity contribution is 0.0749. The molecule has 0 spiro atoms. The van der Waals surface area contributed by atoms with Crippen LogP contribution >= 0.6 is 0 Å². The summed E-state index contributed by atoms with van der Waals surface area (Å²) >= 11 is 0. The molecule has 1 aliphatic heterocycles. The lowest BCUT2D eigenvalue weighted by Crippen LogP contribution is -2.30. The topological polar surface area (TPSA) is 108 Å². The van der Waals surface area contributed by atoms with Gasteiger partial charge >= 0.3 is 0 Å². The van der Waals surface area contributed by atoms with E-state index >= 15 is 0 Å². The Morgan fingerprint density at radius 3 is 2.66 bits per heavy atom. The summed E-state index contributed by atoms with van der Waals surface area (Å²) in [5.41, 5.74) is 4.80. The van der Waals surface area contributed by atoms with E-state index in [9.17, 15) is 4.79 Å². The van der Waals surface area contributed by atoms with E-state index in [1.807, 2.05) is 30.0 Å². The summed E-state index contributed by atoms with van der Waals surface area (Å²) in [6.07, 6.45) is 3.61. The van der Waals surface area contributed by atoms with Crippen LogP contribution in [-0.2, 0) is 13.1 Å². The first-order valence-corrected chi connectivity index (χ1v) is 13.1. The molecule has 0 bridgehead atoms. The summed E-state index contributed by atoms with van der Waals surface area (Å²) in [5.74, 6) is 3.05. The highest BCUT2D eigenvalue weighted by Gasteiger charge is 2.41. The van der Waals surface area contributed by atoms with Crippen molar-refractivity contribution in [2.75, 3.05) is 26.1 Å². The minimum Gasteiger partial charge on any atom is -0.497 e. The highest BCUT2D eigenvalue weighted by Crippen LogP contribution is 2.48. The number of aromatic nitrogens is 4. The fourth-order valence-electron chi connectivity index (χ4n) is 5.43. The molecule has 1 aliphatic carbocycles. The van der Waals surface area contributed by atoms with E-state index in [1.165, 1.54) is 0 Å². The summed E-state index contributed by atoms with van der Waals surface area (Å²) < 4.78 is 19.0. The number of rotatable bonds is 8. The van der Waals surface area contributed by atoms with E-state index < -0.39 is 0 Å². The molecule has 1 fully saturated rings. The quantitative estimate of drug-likeness (QED) is 0.343. The normalized spacial score (nSPS) is 15.0. The zero-order valence-electron chi connectivity index (χ0n) is 22.4. The van der Waals surface area contributed by atoms with Gasteiger partial charge in [-0.05, 0) is 45.7 Å². The van der Waals surface area contributed by atoms with Gasteiger partial charge < -0.3 is 28.8 Å². The van der Waals surface area contributed by atoms with Crippen molar-refractivity contribution in [2.45, 2.75) is 58.7 Å². The molecular weight excluding hydrogens is 484 g/mol. The Morgan fingerprint density at radius 2 is 1.97 bits per heavy atom. The third-order valence-corrected chi connectivity index (χ3v) is 7.47. The molecule has 1 aromatic carbocycles. The molecule has 1 saturated carbocycles. The van der Waals surface area contributed by atoms with Crippen LogP contribution in [0.4, 0.5) is 5.82 Å². The summed E-state index contributed by atoms with van der Waals surface area (Å²) in [4.78, 5) is 25.0. The zero-order chi connectivity index (χ0) is 26.6. The largest absolute Gasteiger partial charge is 0.497 e. The maximum atomic E-state index is 13.7. The molecule has 4 heterocycles. The summed E-state index contributed by atoms with van der Waals surface area (Å²) in [7, 11) is 3.27. The molecular formula is C28H32N6O4. The van der Waals surface area contributed by atoms with Crippen LogP contribution in [0.1, 0.15) is 72.9 Å². The molecule has 0 saturated heterocycles. The second-order valence-corrected chi connectivity index (χ2v) is 10.1. The maximum absolute atomic E-state index is 13.7. The van der Waals surface area contributed by atoms with Crippen LogP contribution in [0.15, 0.2) is 29.0 Å². The Bertz CT molecular complexity index is 1530. The molecule has 2 aliphatic rings. The van der Waals surface area contributed by atoms with E-state index in [0.29, 0.717) is 42.5 Å². The molecule has 10 nitrogen and oxygen atoms in total. The number of methoxy groups -OCH3 is 2. The highest BCUT2D eigenvalue weighted by molar-refractivity contribution is 6.10. The van der Waals surface area contributed by atoms with Crippen LogP contribution in [0.5, 0.6) is 11.5 Å². The SMILES string of the molecule is CCN1Cc2c(c3c(NCc4ccc(OC)cc4OC)ncnc3n2C(C)C)-c2noc(C3CC3)c2C1=O. The Morgan fingerprint density at radius 1 is 1.16 bits per heavy atom. The van der Waals surface area contributed by atoms with Gasteiger partial charge in [-0.3, -0.25) is 4.79 Å². The summed E-state index contributed by atoms with van der Waals surface area (Å²) in [5, 5.41) is 8.86. The zero-order valence-corrected chi connectivity index (χ0v) is 22.4. The Labute approximate surface area is 220 Å². The van der Waals surface area contributed by atoms with Crippen molar-refractivity contribution >= 4 is 22.8 Å². The van der Waals surface area contributed by atoms with Crippen LogP contribution in [0.3, 0.4) is 0 Å². The number of anilines is 1. The molecule has 38 heavy (non-hydrogen) atoms. The van der Waals surface area contributed by atoms with Crippen LogP contribution in [0, 0.1) is 0 Å². The number of amides is 1. The van der Waals surface area contributed by atoms with E-state index in [0.717, 1.165) is 52.2 Å². The van der Waals surface area contributed by atoms with Crippen molar-refractivity contribution in [1.82, 2.24) is 24.6 Å². The first-order valence-electron chi connectivity index (χ1n) is 13.1. The minimum atomic E-state index is -0.0281. The minimum absolute atomic E-state index is 0.0281. The van der Waals surface area contributed by atoms with E-state index in [1.54, 1.807) is 20.5 Å². The fraction of sp³-hybridized carbons (Fsp3) is 0.429. The molecule has 1 N–H and O–H groups in total. The predicted molar refractivity (Wildman–Crippen MR) is 143 cm³/mol. The Hall–Kier alpha value is -4.08. The fourth-order valence-corrected chi connectivity index (χ4v) is 5.43. The number of hydrogen-bond acceptors (Lipinski definition) is 8. The Kier molecular flexibility index (Phi) is 5.97. The lowest BCUT2D eigenvalue weighted by atomic mass is 10.0. The number of hydrogen-bond donors (Lipinski definition) is 1. The molecule has 10 heteroatoms. The van der Waals surface area contributed by atoms with Crippen LogP contribution < -0.4 is 14.8 Å². The molecule has 6 rings (SSSR count). The van der Waals surface area contributed by atoms with E-state index in [2.05, 4.69) is 33.9 Å². The molecule has 1 amide bonds. The second-order valence-electron chi connectivity index (χ2n) is 10.1. The predicted octanol–water partition coefficient (Wildman–Crippen LogP) is 5.15. The van der Waals surface area contributed by atoms with Gasteiger partial charge in [0.05, 0.1) is 26.2 Å². The monoisotopic (exact) mass is 516 g/mol. The van der Waals surface area contributed by atoms with Gasteiger partial charge in [-0.1, -0.05) is 5.16 Å². The second kappa shape index (κ2) is 9.34. The van der Waals surface area contributed by atoms with Crippen molar-refractivity contribution in [3.63, 3.8) is 0 Å². The summed E-state index contributed by atoms with van der Waals surface area (Å²) in [6, 6.07) is 5.84. The van der Waals surface area contributed by atoms with E-state index in [4.69, 9.17) is 19.0 Å². The van der Waals surface area contributed by atoms with Crippen molar-refractivity contribution < 1.29 is 18.8 Å². The number of benzene rings is 1. The van der Waals surface area contributed by atoms with Gasteiger partial charge in [0.2, 0.25) is 0 Å². The van der Waals surface area contributed by atoms with Gasteiger partial charge in [0.15, 0.2) is 5.76 Å². The molecule has 3 aromatic heterocycles. The standard InChI is InChI=1S/C28H32N6O4/c1-6-33-13-19-21(24-23(28(33)35)25(38-32-24)16-7-8-16)22-26(30-14-31-27(22)34(19)15(2)3)29-12-17-9-10-18(36-4)11-20(17)37-5/h9-11,14-16H,6-8,12-13H2,1-5H3,(H,29,30,31). The number of carbonyl (C=O) groups excluding carboxylic acids is 1. The van der Waals surface area contributed by atoms with Crippen molar-refractivity contribution in [2.24, 2.45) is 0 Å². The maximum Gasteiger partial charge on any atom is 0.260 e. The van der Waals surface area contributed by atoms with Gasteiger partial charge in [0.1, 0.15) is 40.5 Å². The average Bonchev–Trinajstić information content (AvgIpc) is 3.61. The van der Waals surface area contributed by atoms with Crippen molar-refractivity contribution in [1.29, 1.82) is 0 Å². The van der Waals surface area contributed by atoms with Gasteiger partial charge in [-0.15, -0.1) is 0 Å². The molecule has 0 radical (unpaired) electrons. The van der Waals surface area contributed by atoms with Crippen molar-refractivity contribution in [3.8, 4) is 22.8 Å². The molecule has 4 aromatic rings. The number of fused-ring (bicyclic) bond motifs is 5. The third kappa shape index (κ3) is 3.77. The first kappa shape index (κ1) is 24.3. The van der Waals surface area contributed by atoms with E-state index in [-0.39, 0.29) is 17.9 Å². The molecule has 0 unspecified atom stereocenters. The highest BCUT2D eigenvalue weighted by atomic mass is 16.5. The van der Waals surface area contributed by atoms with Crippen LogP contribution in [0.2, 0.25) is 0 Å². The van der Waals surface area contributed by atoms with Crippen LogP contribution in [0.25, 0.3) is 22.3 Å².